The molecule has 0 saturated carbocycles. The van der Waals surface area contributed by atoms with Gasteiger partial charge in [-0.1, -0.05) is 41.5 Å². The topological polar surface area (TPSA) is 0 Å². The molecule has 0 spiro atoms. The Kier molecular flexibility index (Phi) is 4.79. The van der Waals surface area contributed by atoms with E-state index in [1.165, 1.54) is 0 Å². The van der Waals surface area contributed by atoms with Gasteiger partial charge in [-0.2, -0.15) is 0 Å². The zero-order chi connectivity index (χ0) is 10.8. The molecule has 0 aliphatic heterocycles. The van der Waals surface area contributed by atoms with E-state index in [9.17, 15) is 0 Å². The van der Waals surface area contributed by atoms with Crippen LogP contribution in [0.4, 0.5) is 0 Å². The van der Waals surface area contributed by atoms with Crippen molar-refractivity contribution < 1.29 is 0 Å². The highest BCUT2D eigenvalue weighted by atomic mass is 35.5. The Balaban J connectivity index is 4.48. The van der Waals surface area contributed by atoms with E-state index in [-0.39, 0.29) is 4.87 Å². The fourth-order valence-electron chi connectivity index (χ4n) is 1.62. The Hall–Kier alpha value is 0.290. The van der Waals surface area contributed by atoms with Gasteiger partial charge >= 0.3 is 0 Å². The quantitative estimate of drug-likeness (QED) is 0.589. The van der Waals surface area contributed by atoms with Crippen LogP contribution >= 0.6 is 11.6 Å². The SMILES string of the molecule is CC(C)C(C)C(C)C(C)(Cl)C(C)C. The smallest absolute Gasteiger partial charge is 0.0469 e. The molecule has 0 N–H and O–H groups in total. The van der Waals surface area contributed by atoms with Gasteiger partial charge in [-0.15, -0.1) is 11.6 Å². The predicted octanol–water partition coefficient (Wildman–Crippen LogP) is 4.57. The molecule has 0 fully saturated rings. The van der Waals surface area contributed by atoms with Crippen LogP contribution in [0.5, 0.6) is 0 Å². The predicted molar refractivity (Wildman–Crippen MR) is 62.3 cm³/mol. The molecule has 0 aromatic rings. The highest BCUT2D eigenvalue weighted by molar-refractivity contribution is 6.24. The van der Waals surface area contributed by atoms with Crippen LogP contribution in [0, 0.1) is 23.7 Å². The second-order valence-corrected chi connectivity index (χ2v) is 6.01. The molecule has 3 unspecified atom stereocenters. The van der Waals surface area contributed by atoms with E-state index in [0.29, 0.717) is 23.7 Å². The molecule has 0 amide bonds. The van der Waals surface area contributed by atoms with Gasteiger partial charge < -0.3 is 0 Å². The Labute approximate surface area is 89.1 Å². The van der Waals surface area contributed by atoms with Gasteiger partial charge in [0.05, 0.1) is 0 Å². The van der Waals surface area contributed by atoms with E-state index < -0.39 is 0 Å². The first-order valence-electron chi connectivity index (χ1n) is 5.40. The van der Waals surface area contributed by atoms with Gasteiger partial charge in [0.25, 0.3) is 0 Å². The lowest BCUT2D eigenvalue weighted by atomic mass is 9.74. The second kappa shape index (κ2) is 4.68. The van der Waals surface area contributed by atoms with Gasteiger partial charge in [0, 0.05) is 4.87 Å². The summed E-state index contributed by atoms with van der Waals surface area (Å²) < 4.78 is 0. The highest BCUT2D eigenvalue weighted by Crippen LogP contribution is 2.39. The lowest BCUT2D eigenvalue weighted by Gasteiger charge is -2.38. The van der Waals surface area contributed by atoms with Crippen LogP contribution < -0.4 is 0 Å². The lowest BCUT2D eigenvalue weighted by Crippen LogP contribution is -2.37. The molecule has 0 aliphatic carbocycles. The minimum absolute atomic E-state index is 0.0658. The van der Waals surface area contributed by atoms with Crippen LogP contribution in [0.3, 0.4) is 0 Å². The van der Waals surface area contributed by atoms with Gasteiger partial charge in [0.15, 0.2) is 0 Å². The summed E-state index contributed by atoms with van der Waals surface area (Å²) in [6.45, 7) is 15.7. The molecule has 0 aliphatic rings. The Bertz CT molecular complexity index is 147. The van der Waals surface area contributed by atoms with Crippen molar-refractivity contribution in [1.29, 1.82) is 0 Å². The second-order valence-electron chi connectivity index (χ2n) is 5.20. The maximum atomic E-state index is 6.56. The molecule has 0 rings (SSSR count). The van der Waals surface area contributed by atoms with Crippen LogP contribution in [-0.2, 0) is 0 Å². The van der Waals surface area contributed by atoms with Crippen LogP contribution in [0.1, 0.15) is 48.5 Å². The van der Waals surface area contributed by atoms with Crippen molar-refractivity contribution in [2.45, 2.75) is 53.3 Å². The number of hydrogen-bond donors (Lipinski definition) is 0. The van der Waals surface area contributed by atoms with E-state index >= 15 is 0 Å². The summed E-state index contributed by atoms with van der Waals surface area (Å²) >= 11 is 6.56. The first-order valence-corrected chi connectivity index (χ1v) is 5.78. The fourth-order valence-corrected chi connectivity index (χ4v) is 1.82. The summed E-state index contributed by atoms with van der Waals surface area (Å²) in [7, 11) is 0. The Morgan fingerprint density at radius 1 is 0.923 bits per heavy atom. The molecule has 1 heteroatoms. The number of alkyl halides is 1. The van der Waals surface area contributed by atoms with E-state index in [1.54, 1.807) is 0 Å². The zero-order valence-corrected chi connectivity index (χ0v) is 10.9. The molecule has 0 bridgehead atoms. The van der Waals surface area contributed by atoms with Crippen molar-refractivity contribution >= 4 is 11.6 Å². The summed E-state index contributed by atoms with van der Waals surface area (Å²) in [5.41, 5.74) is 0. The molecular weight excluding hydrogens is 180 g/mol. The first kappa shape index (κ1) is 13.3. The van der Waals surface area contributed by atoms with Crippen molar-refractivity contribution in [3.8, 4) is 0 Å². The summed E-state index contributed by atoms with van der Waals surface area (Å²) in [4.78, 5) is -0.0658. The molecular formula is C12H25Cl. The molecule has 0 saturated heterocycles. The fraction of sp³-hybridized carbons (Fsp3) is 1.00. The van der Waals surface area contributed by atoms with Gasteiger partial charge in [-0.3, -0.25) is 0 Å². The Morgan fingerprint density at radius 2 is 1.31 bits per heavy atom. The summed E-state index contributed by atoms with van der Waals surface area (Å²) in [5, 5.41) is 0. The van der Waals surface area contributed by atoms with Crippen molar-refractivity contribution in [1.82, 2.24) is 0 Å². The summed E-state index contributed by atoms with van der Waals surface area (Å²) in [5.74, 6) is 2.50. The molecule has 80 valence electrons. The Morgan fingerprint density at radius 3 is 1.54 bits per heavy atom. The first-order chi connectivity index (χ1) is 5.71. The summed E-state index contributed by atoms with van der Waals surface area (Å²) in [6.07, 6.45) is 0. The third-order valence-electron chi connectivity index (χ3n) is 3.86. The average Bonchev–Trinajstić information content (AvgIpc) is 2.01. The van der Waals surface area contributed by atoms with Crippen molar-refractivity contribution in [3.05, 3.63) is 0 Å². The third kappa shape index (κ3) is 3.16. The van der Waals surface area contributed by atoms with Crippen LogP contribution in [0.25, 0.3) is 0 Å². The largest absolute Gasteiger partial charge is 0.119 e. The van der Waals surface area contributed by atoms with Gasteiger partial charge in [-0.25, -0.2) is 0 Å². The van der Waals surface area contributed by atoms with Crippen LogP contribution in [0.2, 0.25) is 0 Å². The van der Waals surface area contributed by atoms with Gasteiger partial charge in [0.2, 0.25) is 0 Å². The third-order valence-corrected chi connectivity index (χ3v) is 4.64. The molecule has 0 aromatic carbocycles. The minimum Gasteiger partial charge on any atom is -0.119 e. The number of rotatable bonds is 4. The molecule has 0 nitrogen and oxygen atoms in total. The molecule has 3 atom stereocenters. The molecule has 0 aromatic heterocycles. The monoisotopic (exact) mass is 204 g/mol. The number of halogens is 1. The maximum absolute atomic E-state index is 6.56. The molecule has 0 radical (unpaired) electrons. The van der Waals surface area contributed by atoms with Crippen molar-refractivity contribution in [2.75, 3.05) is 0 Å². The van der Waals surface area contributed by atoms with Crippen molar-refractivity contribution in [2.24, 2.45) is 23.7 Å². The number of hydrogen-bond acceptors (Lipinski definition) is 0. The molecule has 0 heterocycles. The van der Waals surface area contributed by atoms with Gasteiger partial charge in [0.1, 0.15) is 0 Å². The van der Waals surface area contributed by atoms with E-state index in [2.05, 4.69) is 48.5 Å². The average molecular weight is 205 g/mol. The lowest BCUT2D eigenvalue weighted by molar-refractivity contribution is 0.206. The van der Waals surface area contributed by atoms with E-state index in [0.717, 1.165) is 0 Å². The standard InChI is InChI=1S/C12H25Cl/c1-8(2)10(5)11(6)12(7,13)9(3)4/h8-11H,1-7H3. The maximum Gasteiger partial charge on any atom is 0.0469 e. The normalized spacial score (nSPS) is 21.7. The molecule has 13 heavy (non-hydrogen) atoms. The summed E-state index contributed by atoms with van der Waals surface area (Å²) in [6, 6.07) is 0. The zero-order valence-electron chi connectivity index (χ0n) is 10.2. The minimum atomic E-state index is -0.0658. The van der Waals surface area contributed by atoms with Crippen LogP contribution in [-0.4, -0.2) is 4.87 Å². The van der Waals surface area contributed by atoms with Gasteiger partial charge in [-0.05, 0) is 30.6 Å². The highest BCUT2D eigenvalue weighted by Gasteiger charge is 2.35. The van der Waals surface area contributed by atoms with Crippen LogP contribution in [0.15, 0.2) is 0 Å². The van der Waals surface area contributed by atoms with Crippen molar-refractivity contribution in [3.63, 3.8) is 0 Å². The van der Waals surface area contributed by atoms with E-state index in [4.69, 9.17) is 11.6 Å². The van der Waals surface area contributed by atoms with E-state index in [1.807, 2.05) is 0 Å².